The van der Waals surface area contributed by atoms with Gasteiger partial charge in [-0.15, -0.1) is 0 Å². The minimum Gasteiger partial charge on any atom is -0.508 e. The van der Waals surface area contributed by atoms with Gasteiger partial charge in [-0.3, -0.25) is 4.79 Å². The van der Waals surface area contributed by atoms with Gasteiger partial charge in [-0.2, -0.15) is 5.10 Å². The molecule has 0 saturated carbocycles. The molecule has 114 valence electrons. The van der Waals surface area contributed by atoms with Crippen molar-refractivity contribution in [3.05, 3.63) is 59.1 Å². The SMILES string of the molecule is C/C(=N/NC(=O)CNc1ccccc1Cl)c1ccc(O)cc1. The zero-order valence-corrected chi connectivity index (χ0v) is 12.8. The first-order chi connectivity index (χ1) is 10.6. The second kappa shape index (κ2) is 7.47. The summed E-state index contributed by atoms with van der Waals surface area (Å²) in [5.41, 5.74) is 4.62. The lowest BCUT2D eigenvalue weighted by atomic mass is 10.1. The summed E-state index contributed by atoms with van der Waals surface area (Å²) in [6.07, 6.45) is 0. The Morgan fingerprint density at radius 3 is 2.55 bits per heavy atom. The molecule has 0 fully saturated rings. The van der Waals surface area contributed by atoms with E-state index >= 15 is 0 Å². The number of hydrogen-bond acceptors (Lipinski definition) is 4. The van der Waals surface area contributed by atoms with E-state index in [0.717, 1.165) is 5.56 Å². The highest BCUT2D eigenvalue weighted by molar-refractivity contribution is 6.33. The average Bonchev–Trinajstić information content (AvgIpc) is 2.52. The summed E-state index contributed by atoms with van der Waals surface area (Å²) in [4.78, 5) is 11.8. The molecule has 2 aromatic carbocycles. The van der Waals surface area contributed by atoms with Crippen LogP contribution in [0.3, 0.4) is 0 Å². The van der Waals surface area contributed by atoms with E-state index in [-0.39, 0.29) is 18.2 Å². The van der Waals surface area contributed by atoms with E-state index in [1.165, 1.54) is 0 Å². The fourth-order valence-corrected chi connectivity index (χ4v) is 1.94. The summed E-state index contributed by atoms with van der Waals surface area (Å²) in [6.45, 7) is 1.84. The third-order valence-electron chi connectivity index (χ3n) is 2.95. The molecule has 0 spiro atoms. The molecule has 22 heavy (non-hydrogen) atoms. The molecule has 0 bridgehead atoms. The minimum absolute atomic E-state index is 0.0656. The number of benzene rings is 2. The van der Waals surface area contributed by atoms with Crippen LogP contribution in [-0.4, -0.2) is 23.3 Å². The molecule has 3 N–H and O–H groups in total. The molecule has 0 radical (unpaired) electrons. The molecule has 1 amide bonds. The lowest BCUT2D eigenvalue weighted by Crippen LogP contribution is -2.26. The van der Waals surface area contributed by atoms with Crippen LogP contribution in [0.25, 0.3) is 0 Å². The highest BCUT2D eigenvalue weighted by Crippen LogP contribution is 2.19. The number of carbonyl (C=O) groups excluding carboxylic acids is 1. The summed E-state index contributed by atoms with van der Waals surface area (Å²) in [5, 5.41) is 16.7. The third kappa shape index (κ3) is 4.49. The Hall–Kier alpha value is -2.53. The Labute approximate surface area is 133 Å². The van der Waals surface area contributed by atoms with E-state index in [1.54, 1.807) is 43.3 Å². The van der Waals surface area contributed by atoms with Gasteiger partial charge < -0.3 is 10.4 Å². The predicted octanol–water partition coefficient (Wildman–Crippen LogP) is 3.00. The Morgan fingerprint density at radius 2 is 1.86 bits per heavy atom. The van der Waals surface area contributed by atoms with Gasteiger partial charge in [0.1, 0.15) is 5.75 Å². The molecule has 0 heterocycles. The van der Waals surface area contributed by atoms with E-state index in [0.29, 0.717) is 16.4 Å². The Kier molecular flexibility index (Phi) is 5.38. The van der Waals surface area contributed by atoms with Crippen LogP contribution in [0.5, 0.6) is 5.75 Å². The van der Waals surface area contributed by atoms with Gasteiger partial charge in [-0.25, -0.2) is 5.43 Å². The number of para-hydroxylation sites is 1. The van der Waals surface area contributed by atoms with Gasteiger partial charge in [0.05, 0.1) is 23.0 Å². The molecule has 2 rings (SSSR count). The van der Waals surface area contributed by atoms with E-state index in [2.05, 4.69) is 15.8 Å². The third-order valence-corrected chi connectivity index (χ3v) is 3.28. The summed E-state index contributed by atoms with van der Waals surface area (Å²) in [5.74, 6) is -0.0948. The van der Waals surface area contributed by atoms with E-state index in [9.17, 15) is 9.90 Å². The molecule has 0 aliphatic rings. The largest absolute Gasteiger partial charge is 0.508 e. The fourth-order valence-electron chi connectivity index (χ4n) is 1.73. The van der Waals surface area contributed by atoms with Gasteiger partial charge in [0.25, 0.3) is 5.91 Å². The molecule has 0 aromatic heterocycles. The fraction of sp³-hybridized carbons (Fsp3) is 0.125. The van der Waals surface area contributed by atoms with Crippen LogP contribution in [0.15, 0.2) is 53.6 Å². The van der Waals surface area contributed by atoms with Crippen LogP contribution in [0.1, 0.15) is 12.5 Å². The van der Waals surface area contributed by atoms with Crippen LogP contribution in [-0.2, 0) is 4.79 Å². The molecule has 0 saturated heterocycles. The maximum Gasteiger partial charge on any atom is 0.259 e. The van der Waals surface area contributed by atoms with Crippen LogP contribution in [0, 0.1) is 0 Å². The number of carbonyl (C=O) groups is 1. The molecule has 6 heteroatoms. The van der Waals surface area contributed by atoms with E-state index in [1.807, 2.05) is 12.1 Å². The van der Waals surface area contributed by atoms with Crippen molar-refractivity contribution in [1.82, 2.24) is 5.43 Å². The molecule has 5 nitrogen and oxygen atoms in total. The number of nitrogens with one attached hydrogen (secondary N) is 2. The van der Waals surface area contributed by atoms with Crippen LogP contribution in [0.4, 0.5) is 5.69 Å². The topological polar surface area (TPSA) is 73.7 Å². The van der Waals surface area contributed by atoms with E-state index in [4.69, 9.17) is 11.6 Å². The molecular formula is C16H16ClN3O2. The molecule has 2 aromatic rings. The van der Waals surface area contributed by atoms with Crippen molar-refractivity contribution in [2.75, 3.05) is 11.9 Å². The minimum atomic E-state index is -0.280. The number of aromatic hydroxyl groups is 1. The maximum atomic E-state index is 11.8. The zero-order valence-electron chi connectivity index (χ0n) is 12.0. The van der Waals surface area contributed by atoms with Crippen molar-refractivity contribution < 1.29 is 9.90 Å². The summed E-state index contributed by atoms with van der Waals surface area (Å²) < 4.78 is 0. The van der Waals surface area contributed by atoms with Crippen molar-refractivity contribution in [1.29, 1.82) is 0 Å². The Bertz CT molecular complexity index is 684. The van der Waals surface area contributed by atoms with Crippen LogP contribution in [0.2, 0.25) is 5.02 Å². The molecule has 0 atom stereocenters. The lowest BCUT2D eigenvalue weighted by Gasteiger charge is -2.07. The predicted molar refractivity (Wildman–Crippen MR) is 88.4 cm³/mol. The van der Waals surface area contributed by atoms with Crippen LogP contribution < -0.4 is 10.7 Å². The zero-order chi connectivity index (χ0) is 15.9. The van der Waals surface area contributed by atoms with Crippen molar-refractivity contribution in [3.63, 3.8) is 0 Å². The number of phenols is 1. The van der Waals surface area contributed by atoms with Crippen molar-refractivity contribution >= 4 is 28.9 Å². The summed E-state index contributed by atoms with van der Waals surface area (Å²) >= 11 is 5.99. The van der Waals surface area contributed by atoms with Crippen molar-refractivity contribution in [2.24, 2.45) is 5.10 Å². The van der Waals surface area contributed by atoms with Gasteiger partial charge >= 0.3 is 0 Å². The average molecular weight is 318 g/mol. The number of hydrazone groups is 1. The molecular weight excluding hydrogens is 302 g/mol. The Balaban J connectivity index is 1.88. The highest BCUT2D eigenvalue weighted by Gasteiger charge is 2.03. The monoisotopic (exact) mass is 317 g/mol. The van der Waals surface area contributed by atoms with Crippen LogP contribution >= 0.6 is 11.6 Å². The van der Waals surface area contributed by atoms with Gasteiger partial charge in [-0.05, 0) is 48.9 Å². The highest BCUT2D eigenvalue weighted by atomic mass is 35.5. The molecule has 0 unspecified atom stereocenters. The first-order valence-electron chi connectivity index (χ1n) is 6.67. The second-order valence-corrected chi connectivity index (χ2v) is 5.02. The molecule has 0 aliphatic carbocycles. The number of halogens is 1. The van der Waals surface area contributed by atoms with Gasteiger partial charge in [0.2, 0.25) is 0 Å². The quantitative estimate of drug-likeness (QED) is 0.586. The summed E-state index contributed by atoms with van der Waals surface area (Å²) in [7, 11) is 0. The number of nitrogens with zero attached hydrogens (tertiary/aromatic N) is 1. The number of anilines is 1. The molecule has 0 aliphatic heterocycles. The first-order valence-corrected chi connectivity index (χ1v) is 7.05. The van der Waals surface area contributed by atoms with Gasteiger partial charge in [-0.1, -0.05) is 23.7 Å². The van der Waals surface area contributed by atoms with Gasteiger partial charge in [0.15, 0.2) is 0 Å². The maximum absolute atomic E-state index is 11.8. The number of amides is 1. The number of rotatable bonds is 5. The number of phenolic OH excluding ortho intramolecular Hbond substituents is 1. The first kappa shape index (κ1) is 15.9. The lowest BCUT2D eigenvalue weighted by molar-refractivity contribution is -0.119. The second-order valence-electron chi connectivity index (χ2n) is 4.61. The van der Waals surface area contributed by atoms with Crippen molar-refractivity contribution in [2.45, 2.75) is 6.92 Å². The standard InChI is InChI=1S/C16H16ClN3O2/c1-11(12-6-8-13(21)9-7-12)19-20-16(22)10-18-15-5-3-2-4-14(15)17/h2-9,18,21H,10H2,1H3,(H,20,22)/b19-11-. The Morgan fingerprint density at radius 1 is 1.18 bits per heavy atom. The van der Waals surface area contributed by atoms with Crippen molar-refractivity contribution in [3.8, 4) is 5.75 Å². The number of hydrogen-bond donors (Lipinski definition) is 3. The van der Waals surface area contributed by atoms with Gasteiger partial charge in [0, 0.05) is 0 Å². The summed E-state index contributed by atoms with van der Waals surface area (Å²) in [6, 6.07) is 13.8. The van der Waals surface area contributed by atoms with E-state index < -0.39 is 0 Å². The smallest absolute Gasteiger partial charge is 0.259 e. The normalized spacial score (nSPS) is 11.1.